The summed E-state index contributed by atoms with van der Waals surface area (Å²) in [5.74, 6) is 0.130. The van der Waals surface area contributed by atoms with Gasteiger partial charge in [-0.05, 0) is 57.4 Å². The van der Waals surface area contributed by atoms with Crippen LogP contribution in [-0.4, -0.2) is 22.0 Å². The lowest BCUT2D eigenvalue weighted by molar-refractivity contribution is -0.112. The van der Waals surface area contributed by atoms with Gasteiger partial charge in [0, 0.05) is 6.20 Å². The summed E-state index contributed by atoms with van der Waals surface area (Å²) >= 11 is 0. The van der Waals surface area contributed by atoms with E-state index in [1.165, 1.54) is 0 Å². The highest BCUT2D eigenvalue weighted by atomic mass is 16.1. The Morgan fingerprint density at radius 2 is 1.76 bits per heavy atom. The Labute approximate surface area is 125 Å². The van der Waals surface area contributed by atoms with Crippen molar-refractivity contribution in [2.24, 2.45) is 10.4 Å². The van der Waals surface area contributed by atoms with Crippen molar-refractivity contribution in [1.82, 2.24) is 4.98 Å². The van der Waals surface area contributed by atoms with E-state index >= 15 is 0 Å². The fraction of sp³-hybridized carbons (Fsp3) is 0.389. The fourth-order valence-electron chi connectivity index (χ4n) is 3.54. The quantitative estimate of drug-likeness (QED) is 0.790. The van der Waals surface area contributed by atoms with E-state index in [2.05, 4.69) is 31.0 Å². The third-order valence-electron chi connectivity index (χ3n) is 4.15. The lowest BCUT2D eigenvalue weighted by Crippen LogP contribution is -2.31. The van der Waals surface area contributed by atoms with Gasteiger partial charge in [-0.15, -0.1) is 0 Å². The summed E-state index contributed by atoms with van der Waals surface area (Å²) in [6.07, 6.45) is 6.81. The van der Waals surface area contributed by atoms with Gasteiger partial charge < -0.3 is 0 Å². The molecule has 0 unspecified atom stereocenters. The maximum absolute atomic E-state index is 12.1. The average Bonchev–Trinajstić information content (AvgIpc) is 2.68. The van der Waals surface area contributed by atoms with E-state index in [1.807, 2.05) is 32.0 Å². The first-order chi connectivity index (χ1) is 9.83. The minimum atomic E-state index is -0.306. The Morgan fingerprint density at radius 3 is 2.33 bits per heavy atom. The van der Waals surface area contributed by atoms with Gasteiger partial charge in [0.1, 0.15) is 0 Å². The number of ketones is 1. The van der Waals surface area contributed by atoms with Gasteiger partial charge in [-0.1, -0.05) is 18.2 Å². The van der Waals surface area contributed by atoms with Crippen LogP contribution in [0.5, 0.6) is 0 Å². The molecular formula is C18H20N2O. The zero-order chi connectivity index (χ0) is 15.3. The van der Waals surface area contributed by atoms with Gasteiger partial charge >= 0.3 is 0 Å². The summed E-state index contributed by atoms with van der Waals surface area (Å²) in [6.45, 7) is 8.05. The van der Waals surface area contributed by atoms with Crippen LogP contribution in [0.25, 0.3) is 0 Å². The van der Waals surface area contributed by atoms with Gasteiger partial charge in [0.25, 0.3) is 0 Å². The van der Waals surface area contributed by atoms with Gasteiger partial charge in [-0.3, -0.25) is 14.8 Å². The highest BCUT2D eigenvalue weighted by Gasteiger charge is 2.46. The van der Waals surface area contributed by atoms with Crippen molar-refractivity contribution in [1.29, 1.82) is 0 Å². The van der Waals surface area contributed by atoms with Crippen molar-refractivity contribution in [3.05, 3.63) is 53.4 Å². The minimum absolute atomic E-state index is 0.130. The van der Waals surface area contributed by atoms with Crippen molar-refractivity contribution >= 4 is 11.5 Å². The van der Waals surface area contributed by atoms with Gasteiger partial charge in [-0.25, -0.2) is 0 Å². The van der Waals surface area contributed by atoms with E-state index in [4.69, 9.17) is 4.99 Å². The largest absolute Gasteiger partial charge is 0.289 e. The molecule has 3 rings (SSSR count). The van der Waals surface area contributed by atoms with Crippen molar-refractivity contribution in [3.63, 3.8) is 0 Å². The number of hydrogen-bond donors (Lipinski definition) is 0. The molecule has 1 aliphatic carbocycles. The Bertz CT molecular complexity index is 671. The second-order valence-electron chi connectivity index (χ2n) is 6.69. The van der Waals surface area contributed by atoms with E-state index in [0.717, 1.165) is 29.0 Å². The molecule has 1 spiro atoms. The number of allylic oxidation sites excluding steroid dienone is 4. The van der Waals surface area contributed by atoms with Crippen molar-refractivity contribution in [2.45, 2.75) is 39.7 Å². The Hall–Kier alpha value is -2.03. The van der Waals surface area contributed by atoms with Crippen LogP contribution < -0.4 is 0 Å². The van der Waals surface area contributed by atoms with Gasteiger partial charge in [0.15, 0.2) is 5.78 Å². The van der Waals surface area contributed by atoms with Crippen molar-refractivity contribution in [2.75, 3.05) is 0 Å². The number of carbonyl (C=O) groups is 1. The molecule has 0 bridgehead atoms. The van der Waals surface area contributed by atoms with E-state index in [-0.39, 0.29) is 16.7 Å². The van der Waals surface area contributed by atoms with Crippen LogP contribution in [0.4, 0.5) is 0 Å². The molecule has 21 heavy (non-hydrogen) atoms. The van der Waals surface area contributed by atoms with Crippen LogP contribution in [0.2, 0.25) is 0 Å². The molecule has 1 aromatic rings. The molecule has 0 fully saturated rings. The number of hydrogen-bond acceptors (Lipinski definition) is 3. The molecule has 2 heterocycles. The summed E-state index contributed by atoms with van der Waals surface area (Å²) in [4.78, 5) is 21.5. The number of nitrogens with zero attached hydrogens (tertiary/aromatic N) is 2. The Balaban J connectivity index is 2.19. The maximum Gasteiger partial charge on any atom is 0.183 e. The summed E-state index contributed by atoms with van der Waals surface area (Å²) < 4.78 is 0. The highest BCUT2D eigenvalue weighted by Crippen LogP contribution is 2.46. The summed E-state index contributed by atoms with van der Waals surface area (Å²) in [6, 6.07) is 5.87. The standard InChI is InChI=1S/C18H20N2O/c1-12-9-18(10-13(2)15(12)21)11-17(3,4)20-16(18)14-7-5-6-8-19-14/h5-10H,11H2,1-4H3. The highest BCUT2D eigenvalue weighted by molar-refractivity contribution is 6.14. The first-order valence-corrected chi connectivity index (χ1v) is 7.28. The van der Waals surface area contributed by atoms with Crippen LogP contribution in [0.15, 0.2) is 52.7 Å². The molecule has 0 atom stereocenters. The summed E-state index contributed by atoms with van der Waals surface area (Å²) in [5, 5.41) is 0. The maximum atomic E-state index is 12.1. The number of Topliss-reactive ketones (excluding diaryl/α,β-unsaturated/α-hetero) is 1. The van der Waals surface area contributed by atoms with Crippen molar-refractivity contribution < 1.29 is 4.79 Å². The van der Waals surface area contributed by atoms with Gasteiger partial charge in [-0.2, -0.15) is 0 Å². The second-order valence-corrected chi connectivity index (χ2v) is 6.69. The summed E-state index contributed by atoms with van der Waals surface area (Å²) in [5.41, 5.74) is 3.01. The molecule has 0 N–H and O–H groups in total. The van der Waals surface area contributed by atoms with E-state index in [1.54, 1.807) is 6.20 Å². The number of rotatable bonds is 1. The first-order valence-electron chi connectivity index (χ1n) is 7.28. The Kier molecular flexibility index (Phi) is 2.97. The smallest absolute Gasteiger partial charge is 0.183 e. The van der Waals surface area contributed by atoms with Crippen LogP contribution in [-0.2, 0) is 4.79 Å². The van der Waals surface area contributed by atoms with Crippen LogP contribution in [0.3, 0.4) is 0 Å². The topological polar surface area (TPSA) is 42.3 Å². The van der Waals surface area contributed by atoms with Crippen LogP contribution >= 0.6 is 0 Å². The molecule has 0 saturated carbocycles. The van der Waals surface area contributed by atoms with Gasteiger partial charge in [0.2, 0.25) is 0 Å². The minimum Gasteiger partial charge on any atom is -0.289 e. The summed E-state index contributed by atoms with van der Waals surface area (Å²) in [7, 11) is 0. The lowest BCUT2D eigenvalue weighted by atomic mass is 9.71. The van der Waals surface area contributed by atoms with Crippen LogP contribution in [0.1, 0.15) is 39.8 Å². The second kappa shape index (κ2) is 4.48. The zero-order valence-electron chi connectivity index (χ0n) is 13.0. The zero-order valence-corrected chi connectivity index (χ0v) is 13.0. The monoisotopic (exact) mass is 280 g/mol. The number of carbonyl (C=O) groups excluding carboxylic acids is 1. The van der Waals surface area contributed by atoms with Crippen LogP contribution in [0, 0.1) is 5.41 Å². The van der Waals surface area contributed by atoms with Crippen molar-refractivity contribution in [3.8, 4) is 0 Å². The van der Waals surface area contributed by atoms with Gasteiger partial charge in [0.05, 0.1) is 22.4 Å². The molecule has 3 heteroatoms. The van der Waals surface area contributed by atoms with E-state index in [0.29, 0.717) is 0 Å². The third kappa shape index (κ3) is 2.27. The molecular weight excluding hydrogens is 260 g/mol. The lowest BCUT2D eigenvalue weighted by Gasteiger charge is -2.30. The number of pyridine rings is 1. The molecule has 3 nitrogen and oxygen atoms in total. The normalized spacial score (nSPS) is 22.9. The molecule has 108 valence electrons. The Morgan fingerprint density at radius 1 is 1.10 bits per heavy atom. The third-order valence-corrected chi connectivity index (χ3v) is 4.15. The van der Waals surface area contributed by atoms with E-state index < -0.39 is 0 Å². The molecule has 2 aliphatic rings. The van der Waals surface area contributed by atoms with E-state index in [9.17, 15) is 4.79 Å². The molecule has 1 aliphatic heterocycles. The molecule has 0 radical (unpaired) electrons. The molecule has 0 saturated heterocycles. The molecule has 0 aromatic carbocycles. The number of aliphatic imine (C=N–C) groups is 1. The predicted octanol–water partition coefficient (Wildman–Crippen LogP) is 3.51. The average molecular weight is 280 g/mol. The SMILES string of the molecule is CC1=CC2(C=C(C)C1=O)CC(C)(C)N=C2c1ccccn1. The fourth-order valence-corrected chi connectivity index (χ4v) is 3.54. The molecule has 1 aromatic heterocycles. The molecule has 0 amide bonds. The first kappa shape index (κ1) is 13.9. The predicted molar refractivity (Wildman–Crippen MR) is 84.4 cm³/mol. The number of aromatic nitrogens is 1.